The van der Waals surface area contributed by atoms with Crippen LogP contribution in [0.4, 0.5) is 10.6 Å². The number of ether oxygens (including phenoxy) is 1. The highest BCUT2D eigenvalue weighted by Gasteiger charge is 2.30. The highest BCUT2D eigenvalue weighted by atomic mass is 16.5. The van der Waals surface area contributed by atoms with Gasteiger partial charge in [-0.2, -0.15) is 5.10 Å². The van der Waals surface area contributed by atoms with Crippen LogP contribution in [0, 0.1) is 6.92 Å². The highest BCUT2D eigenvalue weighted by Crippen LogP contribution is 2.44. The molecule has 0 spiro atoms. The molecule has 1 aromatic heterocycles. The van der Waals surface area contributed by atoms with Gasteiger partial charge in [0.05, 0.1) is 5.69 Å². The van der Waals surface area contributed by atoms with Crippen molar-refractivity contribution in [3.63, 3.8) is 0 Å². The lowest BCUT2D eigenvalue weighted by atomic mass is 9.98. The number of anilines is 1. The zero-order chi connectivity index (χ0) is 24.2. The molecule has 1 heterocycles. The van der Waals surface area contributed by atoms with E-state index in [-0.39, 0.29) is 25.4 Å². The minimum atomic E-state index is -1.08. The molecule has 0 bridgehead atoms. The van der Waals surface area contributed by atoms with E-state index in [1.165, 1.54) is 4.68 Å². The fourth-order valence-electron chi connectivity index (χ4n) is 4.26. The lowest BCUT2D eigenvalue weighted by Crippen LogP contribution is -2.44. The summed E-state index contributed by atoms with van der Waals surface area (Å²) in [7, 11) is 1.67. The van der Waals surface area contributed by atoms with E-state index in [1.54, 1.807) is 20.0 Å². The van der Waals surface area contributed by atoms with Crippen LogP contribution in [-0.4, -0.2) is 45.5 Å². The van der Waals surface area contributed by atoms with E-state index in [1.807, 2.05) is 48.5 Å². The van der Waals surface area contributed by atoms with Crippen molar-refractivity contribution in [3.05, 3.63) is 71.4 Å². The summed E-state index contributed by atoms with van der Waals surface area (Å²) in [6.45, 7) is 1.88. The number of rotatable bonds is 8. The third-order valence-corrected chi connectivity index (χ3v) is 5.85. The number of aryl methyl sites for hydroxylation is 2. The molecule has 2 amide bonds. The Morgan fingerprint density at radius 2 is 1.71 bits per heavy atom. The molecule has 34 heavy (non-hydrogen) atoms. The van der Waals surface area contributed by atoms with Gasteiger partial charge < -0.3 is 20.5 Å². The van der Waals surface area contributed by atoms with Crippen LogP contribution >= 0.6 is 0 Å². The van der Waals surface area contributed by atoms with E-state index in [4.69, 9.17) is 9.84 Å². The average molecular weight is 463 g/mol. The Morgan fingerprint density at radius 3 is 2.26 bits per heavy atom. The zero-order valence-electron chi connectivity index (χ0n) is 18.9. The van der Waals surface area contributed by atoms with Crippen molar-refractivity contribution < 1.29 is 24.2 Å². The van der Waals surface area contributed by atoms with Gasteiger partial charge in [-0.05, 0) is 35.6 Å². The molecule has 2 aromatic carbocycles. The molecular weight excluding hydrogens is 436 g/mol. The summed E-state index contributed by atoms with van der Waals surface area (Å²) >= 11 is 0. The van der Waals surface area contributed by atoms with Crippen LogP contribution in [0.3, 0.4) is 0 Å². The molecule has 1 atom stereocenters. The zero-order valence-corrected chi connectivity index (χ0v) is 18.9. The van der Waals surface area contributed by atoms with Crippen molar-refractivity contribution >= 4 is 23.8 Å². The Kier molecular flexibility index (Phi) is 6.62. The maximum atomic E-state index is 12.8. The van der Waals surface area contributed by atoms with Crippen molar-refractivity contribution in [1.82, 2.24) is 15.1 Å². The molecule has 0 aliphatic heterocycles. The van der Waals surface area contributed by atoms with E-state index in [2.05, 4.69) is 15.7 Å². The van der Waals surface area contributed by atoms with Gasteiger partial charge in [-0.1, -0.05) is 48.5 Å². The summed E-state index contributed by atoms with van der Waals surface area (Å²) in [5.74, 6) is -1.29. The van der Waals surface area contributed by atoms with Crippen molar-refractivity contribution in [2.75, 3.05) is 11.9 Å². The number of carboxylic acid groups (broad SMARTS) is 1. The number of aliphatic carboxylic acids is 1. The highest BCUT2D eigenvalue weighted by molar-refractivity contribution is 5.96. The number of hydrogen-bond acceptors (Lipinski definition) is 5. The minimum Gasteiger partial charge on any atom is -0.481 e. The molecule has 1 unspecified atom stereocenters. The molecule has 3 aromatic rings. The Balaban J connectivity index is 1.43. The van der Waals surface area contributed by atoms with E-state index < -0.39 is 24.0 Å². The molecule has 9 heteroatoms. The molecule has 1 aliphatic carbocycles. The number of carbonyl (C=O) groups is 3. The van der Waals surface area contributed by atoms with Crippen LogP contribution in [0.25, 0.3) is 11.1 Å². The van der Waals surface area contributed by atoms with Crippen LogP contribution in [0.15, 0.2) is 54.6 Å². The Morgan fingerprint density at radius 1 is 1.09 bits per heavy atom. The third-order valence-electron chi connectivity index (χ3n) is 5.85. The quantitative estimate of drug-likeness (QED) is 0.471. The normalized spacial score (nSPS) is 13.0. The Labute approximate surface area is 196 Å². The minimum absolute atomic E-state index is 0.0812. The second-order valence-corrected chi connectivity index (χ2v) is 8.24. The number of benzene rings is 2. The van der Waals surface area contributed by atoms with Gasteiger partial charge in [-0.25, -0.2) is 4.79 Å². The first-order valence-corrected chi connectivity index (χ1v) is 11.0. The van der Waals surface area contributed by atoms with Crippen LogP contribution in [-0.2, 0) is 21.4 Å². The van der Waals surface area contributed by atoms with Crippen molar-refractivity contribution in [3.8, 4) is 11.1 Å². The monoisotopic (exact) mass is 462 g/mol. The van der Waals surface area contributed by atoms with Crippen LogP contribution < -0.4 is 10.6 Å². The summed E-state index contributed by atoms with van der Waals surface area (Å²) in [6.07, 6.45) is -1.15. The SMILES string of the molecule is Cc1cc(NC(=O)C(CCC(=O)O)NC(=O)OCC2c3ccccc3-c3ccccc32)n(C)n1. The first kappa shape index (κ1) is 23.0. The smallest absolute Gasteiger partial charge is 0.407 e. The molecule has 3 N–H and O–H groups in total. The predicted molar refractivity (Wildman–Crippen MR) is 125 cm³/mol. The van der Waals surface area contributed by atoms with Gasteiger partial charge in [0.2, 0.25) is 5.91 Å². The fourth-order valence-corrected chi connectivity index (χ4v) is 4.26. The second-order valence-electron chi connectivity index (χ2n) is 8.24. The van der Waals surface area contributed by atoms with E-state index >= 15 is 0 Å². The number of nitrogens with one attached hydrogen (secondary N) is 2. The standard InChI is InChI=1S/C25H26N4O5/c1-15-13-22(29(2)28-15)27-24(32)21(11-12-23(30)31)26-25(33)34-14-20-18-9-5-3-7-16(18)17-8-4-6-10-19(17)20/h3-10,13,20-21H,11-12,14H2,1-2H3,(H,26,33)(H,27,32)(H,30,31). The van der Waals surface area contributed by atoms with Crippen molar-refractivity contribution in [1.29, 1.82) is 0 Å². The molecule has 9 nitrogen and oxygen atoms in total. The van der Waals surface area contributed by atoms with Gasteiger partial charge in [0, 0.05) is 25.5 Å². The lowest BCUT2D eigenvalue weighted by Gasteiger charge is -2.19. The lowest BCUT2D eigenvalue weighted by molar-refractivity contribution is -0.137. The number of nitrogens with zero attached hydrogens (tertiary/aromatic N) is 2. The summed E-state index contributed by atoms with van der Waals surface area (Å²) < 4.78 is 7.00. The molecule has 0 saturated carbocycles. The Hall–Kier alpha value is -4.14. The third kappa shape index (κ3) is 4.93. The molecule has 0 saturated heterocycles. The first-order valence-electron chi connectivity index (χ1n) is 11.0. The van der Waals surface area contributed by atoms with Crippen LogP contribution in [0.2, 0.25) is 0 Å². The van der Waals surface area contributed by atoms with Gasteiger partial charge in [0.15, 0.2) is 0 Å². The topological polar surface area (TPSA) is 123 Å². The van der Waals surface area contributed by atoms with Crippen LogP contribution in [0.5, 0.6) is 0 Å². The van der Waals surface area contributed by atoms with E-state index in [9.17, 15) is 14.4 Å². The summed E-state index contributed by atoms with van der Waals surface area (Å²) in [4.78, 5) is 36.5. The molecule has 0 radical (unpaired) electrons. The molecule has 176 valence electrons. The van der Waals surface area contributed by atoms with Crippen LogP contribution in [0.1, 0.15) is 35.6 Å². The molecule has 1 aliphatic rings. The van der Waals surface area contributed by atoms with Gasteiger partial charge in [0.25, 0.3) is 0 Å². The van der Waals surface area contributed by atoms with Gasteiger partial charge in [0.1, 0.15) is 18.5 Å². The van der Waals surface area contributed by atoms with E-state index in [0.29, 0.717) is 11.5 Å². The summed E-state index contributed by atoms with van der Waals surface area (Å²) in [6, 6.07) is 16.6. The number of alkyl carbamates (subject to hydrolysis) is 1. The van der Waals surface area contributed by atoms with Crippen molar-refractivity contribution in [2.45, 2.75) is 31.7 Å². The summed E-state index contributed by atoms with van der Waals surface area (Å²) in [5, 5.41) is 18.4. The van der Waals surface area contributed by atoms with Gasteiger partial charge in [-0.15, -0.1) is 0 Å². The average Bonchev–Trinajstić information content (AvgIpc) is 3.30. The maximum absolute atomic E-state index is 12.8. The van der Waals surface area contributed by atoms with Gasteiger partial charge in [-0.3, -0.25) is 14.3 Å². The number of fused-ring (bicyclic) bond motifs is 3. The number of carboxylic acids is 1. The molecule has 0 fully saturated rings. The second kappa shape index (κ2) is 9.78. The predicted octanol–water partition coefficient (Wildman–Crippen LogP) is 3.44. The molecule has 4 rings (SSSR count). The number of carbonyl (C=O) groups excluding carboxylic acids is 2. The largest absolute Gasteiger partial charge is 0.481 e. The van der Waals surface area contributed by atoms with Gasteiger partial charge >= 0.3 is 12.1 Å². The van der Waals surface area contributed by atoms with Crippen molar-refractivity contribution in [2.24, 2.45) is 7.05 Å². The first-order chi connectivity index (χ1) is 16.3. The fraction of sp³-hybridized carbons (Fsp3) is 0.280. The number of amides is 2. The summed E-state index contributed by atoms with van der Waals surface area (Å²) in [5.41, 5.74) is 5.07. The molecular formula is C25H26N4O5. The Bertz CT molecular complexity index is 1190. The number of hydrogen-bond donors (Lipinski definition) is 3. The van der Waals surface area contributed by atoms with E-state index in [0.717, 1.165) is 22.3 Å². The maximum Gasteiger partial charge on any atom is 0.407 e. The number of aromatic nitrogens is 2.